The predicted molar refractivity (Wildman–Crippen MR) is 92.9 cm³/mol. The van der Waals surface area contributed by atoms with Crippen LogP contribution >= 0.6 is 0 Å². The summed E-state index contributed by atoms with van der Waals surface area (Å²) in [5, 5.41) is 5.58. The summed E-state index contributed by atoms with van der Waals surface area (Å²) in [7, 11) is 0. The Morgan fingerprint density at radius 2 is 1.56 bits per heavy atom. The first-order valence-corrected chi connectivity index (χ1v) is 8.15. The van der Waals surface area contributed by atoms with Gasteiger partial charge >= 0.3 is 0 Å². The van der Waals surface area contributed by atoms with E-state index in [4.69, 9.17) is 4.74 Å². The van der Waals surface area contributed by atoms with Crippen LogP contribution in [0.1, 0.15) is 19.8 Å². The molecule has 3 rings (SSSR count). The highest BCUT2D eigenvalue weighted by Crippen LogP contribution is 2.30. The van der Waals surface area contributed by atoms with Crippen molar-refractivity contribution in [2.24, 2.45) is 5.92 Å². The van der Waals surface area contributed by atoms with Gasteiger partial charge in [-0.15, -0.1) is 0 Å². The van der Waals surface area contributed by atoms with E-state index in [1.807, 2.05) is 0 Å². The fraction of sp³-hybridized carbons (Fsp3) is 0.263. The number of carbonyl (C=O) groups is 2. The van der Waals surface area contributed by atoms with Crippen LogP contribution in [0.15, 0.2) is 48.5 Å². The average molecular weight is 342 g/mol. The second kappa shape index (κ2) is 7.34. The van der Waals surface area contributed by atoms with Crippen LogP contribution in [0.3, 0.4) is 0 Å². The molecule has 0 radical (unpaired) electrons. The van der Waals surface area contributed by atoms with Gasteiger partial charge in [0.15, 0.2) is 6.10 Å². The molecular formula is C19H19FN2O3. The quantitative estimate of drug-likeness (QED) is 0.843. The molecule has 2 aromatic carbocycles. The number of halogens is 1. The minimum Gasteiger partial charge on any atom is -0.481 e. The number of benzene rings is 2. The summed E-state index contributed by atoms with van der Waals surface area (Å²) in [5.41, 5.74) is 1.30. The maximum absolute atomic E-state index is 12.9. The van der Waals surface area contributed by atoms with E-state index in [0.717, 1.165) is 12.8 Å². The third-order valence-corrected chi connectivity index (χ3v) is 3.86. The van der Waals surface area contributed by atoms with Crippen LogP contribution in [-0.2, 0) is 9.59 Å². The number of nitrogens with one attached hydrogen (secondary N) is 2. The van der Waals surface area contributed by atoms with Crippen LogP contribution in [0, 0.1) is 11.7 Å². The maximum atomic E-state index is 12.9. The molecule has 0 unspecified atom stereocenters. The summed E-state index contributed by atoms with van der Waals surface area (Å²) >= 11 is 0. The molecule has 1 atom stereocenters. The highest BCUT2D eigenvalue weighted by atomic mass is 19.1. The summed E-state index contributed by atoms with van der Waals surface area (Å²) in [6.07, 6.45) is 1.16. The molecule has 1 fully saturated rings. The van der Waals surface area contributed by atoms with Gasteiger partial charge in [-0.1, -0.05) is 0 Å². The Bertz CT molecular complexity index is 755. The van der Waals surface area contributed by atoms with E-state index in [-0.39, 0.29) is 23.5 Å². The smallest absolute Gasteiger partial charge is 0.265 e. The number of carbonyl (C=O) groups excluding carboxylic acids is 2. The van der Waals surface area contributed by atoms with Crippen molar-refractivity contribution in [3.05, 3.63) is 54.3 Å². The molecule has 0 aliphatic heterocycles. The number of anilines is 2. The van der Waals surface area contributed by atoms with E-state index in [9.17, 15) is 14.0 Å². The van der Waals surface area contributed by atoms with Crippen molar-refractivity contribution in [3.8, 4) is 5.75 Å². The van der Waals surface area contributed by atoms with Crippen molar-refractivity contribution >= 4 is 23.2 Å². The SMILES string of the molecule is C[C@H](Oc1ccc(F)cc1)C(=O)Nc1ccc(NC(=O)C2CC2)cc1. The molecule has 0 aromatic heterocycles. The highest BCUT2D eigenvalue weighted by Gasteiger charge is 2.29. The van der Waals surface area contributed by atoms with E-state index in [2.05, 4.69) is 10.6 Å². The Labute approximate surface area is 145 Å². The zero-order valence-electron chi connectivity index (χ0n) is 13.8. The monoisotopic (exact) mass is 342 g/mol. The van der Waals surface area contributed by atoms with Gasteiger partial charge in [-0.05, 0) is 68.3 Å². The van der Waals surface area contributed by atoms with Crippen LogP contribution in [0.2, 0.25) is 0 Å². The molecular weight excluding hydrogens is 323 g/mol. The summed E-state index contributed by atoms with van der Waals surface area (Å²) in [5.74, 6) is -0.0819. The zero-order valence-corrected chi connectivity index (χ0v) is 13.8. The lowest BCUT2D eigenvalue weighted by Crippen LogP contribution is -2.30. The van der Waals surface area contributed by atoms with Gasteiger partial charge in [0.05, 0.1) is 0 Å². The van der Waals surface area contributed by atoms with Crippen molar-refractivity contribution in [2.45, 2.75) is 25.9 Å². The Hall–Kier alpha value is -2.89. The second-order valence-corrected chi connectivity index (χ2v) is 6.04. The predicted octanol–water partition coefficient (Wildman–Crippen LogP) is 3.58. The molecule has 0 spiro atoms. The molecule has 130 valence electrons. The first kappa shape index (κ1) is 17.0. The Morgan fingerprint density at radius 3 is 2.12 bits per heavy atom. The molecule has 0 heterocycles. The Morgan fingerprint density at radius 1 is 1.00 bits per heavy atom. The van der Waals surface area contributed by atoms with E-state index >= 15 is 0 Å². The van der Waals surface area contributed by atoms with Gasteiger partial charge in [-0.2, -0.15) is 0 Å². The summed E-state index contributed by atoms with van der Waals surface area (Å²) in [4.78, 5) is 23.9. The number of rotatable bonds is 6. The fourth-order valence-corrected chi connectivity index (χ4v) is 2.24. The van der Waals surface area contributed by atoms with Crippen LogP contribution in [0.4, 0.5) is 15.8 Å². The average Bonchev–Trinajstić information content (AvgIpc) is 3.43. The highest BCUT2D eigenvalue weighted by molar-refractivity contribution is 5.96. The molecule has 1 aliphatic carbocycles. The number of ether oxygens (including phenoxy) is 1. The molecule has 0 bridgehead atoms. The van der Waals surface area contributed by atoms with Crippen molar-refractivity contribution < 1.29 is 18.7 Å². The van der Waals surface area contributed by atoms with Gasteiger partial charge in [0.1, 0.15) is 11.6 Å². The summed E-state index contributed by atoms with van der Waals surface area (Å²) < 4.78 is 18.3. The number of amides is 2. The standard InChI is InChI=1S/C19H19FN2O3/c1-12(25-17-10-4-14(20)5-11-17)18(23)21-15-6-8-16(9-7-15)22-19(24)13-2-3-13/h4-13H,2-3H2,1H3,(H,21,23)(H,22,24)/t12-/m0/s1. The molecule has 1 aliphatic rings. The molecule has 6 heteroatoms. The molecule has 1 saturated carbocycles. The number of hydrogen-bond acceptors (Lipinski definition) is 3. The normalized spacial score (nSPS) is 14.5. The van der Waals surface area contributed by atoms with Crippen molar-refractivity contribution in [1.82, 2.24) is 0 Å². The van der Waals surface area contributed by atoms with E-state index in [1.165, 1.54) is 24.3 Å². The zero-order chi connectivity index (χ0) is 17.8. The topological polar surface area (TPSA) is 67.4 Å². The minimum atomic E-state index is -0.736. The Balaban J connectivity index is 1.52. The van der Waals surface area contributed by atoms with Gasteiger partial charge < -0.3 is 15.4 Å². The first-order valence-electron chi connectivity index (χ1n) is 8.15. The minimum absolute atomic E-state index is 0.0399. The first-order chi connectivity index (χ1) is 12.0. The van der Waals surface area contributed by atoms with Crippen molar-refractivity contribution in [1.29, 1.82) is 0 Å². The number of hydrogen-bond donors (Lipinski definition) is 2. The molecule has 0 saturated heterocycles. The van der Waals surface area contributed by atoms with Gasteiger partial charge in [0.25, 0.3) is 5.91 Å². The summed E-state index contributed by atoms with van der Waals surface area (Å²) in [6, 6.07) is 12.4. The van der Waals surface area contributed by atoms with E-state index in [1.54, 1.807) is 31.2 Å². The molecule has 5 nitrogen and oxygen atoms in total. The third kappa shape index (κ3) is 4.79. The van der Waals surface area contributed by atoms with Crippen LogP contribution in [0.25, 0.3) is 0 Å². The third-order valence-electron chi connectivity index (χ3n) is 3.86. The van der Waals surface area contributed by atoms with E-state index < -0.39 is 6.10 Å². The molecule has 25 heavy (non-hydrogen) atoms. The van der Waals surface area contributed by atoms with Crippen LogP contribution in [0.5, 0.6) is 5.75 Å². The van der Waals surface area contributed by atoms with Gasteiger partial charge in [-0.25, -0.2) is 4.39 Å². The van der Waals surface area contributed by atoms with Crippen LogP contribution < -0.4 is 15.4 Å². The lowest BCUT2D eigenvalue weighted by atomic mass is 10.2. The molecule has 2 aromatic rings. The van der Waals surface area contributed by atoms with E-state index in [0.29, 0.717) is 17.1 Å². The Kier molecular flexibility index (Phi) is 4.97. The lowest BCUT2D eigenvalue weighted by molar-refractivity contribution is -0.122. The molecule has 2 N–H and O–H groups in total. The van der Waals surface area contributed by atoms with Gasteiger partial charge in [0.2, 0.25) is 5.91 Å². The van der Waals surface area contributed by atoms with Gasteiger partial charge in [-0.3, -0.25) is 9.59 Å². The van der Waals surface area contributed by atoms with Crippen LogP contribution in [-0.4, -0.2) is 17.9 Å². The summed E-state index contributed by atoms with van der Waals surface area (Å²) in [6.45, 7) is 1.61. The maximum Gasteiger partial charge on any atom is 0.265 e. The fourth-order valence-electron chi connectivity index (χ4n) is 2.24. The van der Waals surface area contributed by atoms with Crippen molar-refractivity contribution in [2.75, 3.05) is 10.6 Å². The molecule has 2 amide bonds. The van der Waals surface area contributed by atoms with Crippen molar-refractivity contribution in [3.63, 3.8) is 0 Å². The largest absolute Gasteiger partial charge is 0.481 e. The van der Waals surface area contributed by atoms with Gasteiger partial charge in [0, 0.05) is 17.3 Å². The lowest BCUT2D eigenvalue weighted by Gasteiger charge is -2.15. The second-order valence-electron chi connectivity index (χ2n) is 6.04.